The van der Waals surface area contributed by atoms with Crippen molar-refractivity contribution in [2.24, 2.45) is 5.41 Å². The number of ether oxygens (including phenoxy) is 1. The average Bonchev–Trinajstić information content (AvgIpc) is 3.31. The van der Waals surface area contributed by atoms with E-state index < -0.39 is 17.2 Å². The number of hydrogen-bond donors (Lipinski definition) is 3. The zero-order chi connectivity index (χ0) is 32.5. The van der Waals surface area contributed by atoms with Gasteiger partial charge in [-0.1, -0.05) is 32.0 Å². The lowest BCUT2D eigenvalue weighted by Crippen LogP contribution is -2.67. The highest BCUT2D eigenvalue weighted by Crippen LogP contribution is 2.48. The molecule has 3 amide bonds. The molecule has 0 radical (unpaired) electrons. The Labute approximate surface area is 261 Å². The number of halogens is 2. The zero-order valence-corrected chi connectivity index (χ0v) is 26.1. The summed E-state index contributed by atoms with van der Waals surface area (Å²) >= 11 is 0. The number of nitrogens with one attached hydrogen (secondary N) is 3. The summed E-state index contributed by atoms with van der Waals surface area (Å²) < 4.78 is 34.3. The van der Waals surface area contributed by atoms with Crippen LogP contribution in [0.3, 0.4) is 0 Å². The number of benzene rings is 2. The third-order valence-corrected chi connectivity index (χ3v) is 7.82. The zero-order valence-electron chi connectivity index (χ0n) is 26.1. The molecular weight excluding hydrogens is 582 g/mol. The van der Waals surface area contributed by atoms with Crippen LogP contribution in [0, 0.1) is 17.0 Å². The largest absolute Gasteiger partial charge is 0.444 e. The van der Waals surface area contributed by atoms with Crippen LogP contribution in [-0.2, 0) is 22.5 Å². The summed E-state index contributed by atoms with van der Waals surface area (Å²) in [6.45, 7) is 10.9. The fourth-order valence-corrected chi connectivity index (χ4v) is 5.91. The maximum Gasteiger partial charge on any atom is 0.410 e. The molecule has 10 nitrogen and oxygen atoms in total. The van der Waals surface area contributed by atoms with Gasteiger partial charge in [0.15, 0.2) is 5.82 Å². The van der Waals surface area contributed by atoms with Gasteiger partial charge in [0.05, 0.1) is 24.2 Å². The summed E-state index contributed by atoms with van der Waals surface area (Å²) in [5.41, 5.74) is 1.08. The van der Waals surface area contributed by atoms with Crippen molar-refractivity contribution < 1.29 is 27.9 Å². The Hall–Kier alpha value is -4.61. The fraction of sp³-hybridized carbons (Fsp3) is 0.424. The minimum absolute atomic E-state index is 0.0676. The van der Waals surface area contributed by atoms with Crippen LogP contribution in [0.15, 0.2) is 42.5 Å². The molecule has 3 heterocycles. The maximum absolute atomic E-state index is 14.5. The molecule has 238 valence electrons. The van der Waals surface area contributed by atoms with Gasteiger partial charge in [-0.05, 0) is 63.4 Å². The standard InChI is InChI=1S/C31H32F2N6O4.C2H6/c1-30(2,3)43-29(42)39-15-31(16-39)12-19(13-31)35-23(40)11-17-7-9-18(10-8-17)36-27-25-22(14-34-28(25)41)37-26(38-27)24-20(32)5-4-6-21(24)33;1-2/h4-10,19H,11-16H2,1-3H3,(H,34,41)(H,35,40)(H,36,37,38);1-2H3. The Balaban J connectivity index is 0.00000196. The van der Waals surface area contributed by atoms with Gasteiger partial charge in [-0.2, -0.15) is 0 Å². The number of likely N-dealkylation sites (tertiary alicyclic amines) is 1. The SMILES string of the molecule is CC.CC(C)(C)OC(=O)N1CC2(CC(NC(=O)Cc3ccc(Nc4nc(-c5c(F)cccc5F)nc5c4C(=O)NC5)cc3)C2)C1. The maximum atomic E-state index is 14.5. The number of carbonyl (C=O) groups excluding carboxylic acids is 3. The molecule has 3 N–H and O–H groups in total. The third-order valence-electron chi connectivity index (χ3n) is 7.82. The Morgan fingerprint density at radius 2 is 1.67 bits per heavy atom. The number of amides is 3. The van der Waals surface area contributed by atoms with Crippen LogP contribution in [-0.4, -0.2) is 57.5 Å². The van der Waals surface area contributed by atoms with Gasteiger partial charge in [0.25, 0.3) is 5.91 Å². The Morgan fingerprint density at radius 1 is 1.02 bits per heavy atom. The van der Waals surface area contributed by atoms with E-state index in [1.165, 1.54) is 6.07 Å². The molecule has 1 spiro atoms. The first-order valence-electron chi connectivity index (χ1n) is 15.1. The van der Waals surface area contributed by atoms with Crippen molar-refractivity contribution in [3.63, 3.8) is 0 Å². The molecule has 0 atom stereocenters. The van der Waals surface area contributed by atoms with E-state index in [0.717, 1.165) is 30.5 Å². The Kier molecular flexibility index (Phi) is 8.77. The number of rotatable bonds is 6. The van der Waals surface area contributed by atoms with Gasteiger partial charge >= 0.3 is 6.09 Å². The van der Waals surface area contributed by atoms with Crippen molar-refractivity contribution in [1.29, 1.82) is 0 Å². The fourth-order valence-electron chi connectivity index (χ4n) is 5.91. The lowest BCUT2D eigenvalue weighted by molar-refractivity contribution is -0.126. The molecule has 3 aliphatic rings. The van der Waals surface area contributed by atoms with Crippen LogP contribution in [0.1, 0.15) is 69.1 Å². The second kappa shape index (κ2) is 12.4. The number of fused-ring (bicyclic) bond motifs is 1. The monoisotopic (exact) mass is 620 g/mol. The van der Waals surface area contributed by atoms with Gasteiger partial charge in [0.2, 0.25) is 5.91 Å². The Bertz CT molecular complexity index is 1590. The lowest BCUT2D eigenvalue weighted by Gasteiger charge is -2.58. The molecule has 12 heteroatoms. The van der Waals surface area contributed by atoms with Crippen molar-refractivity contribution in [2.45, 2.75) is 72.1 Å². The number of nitrogens with zero attached hydrogens (tertiary/aromatic N) is 3. The summed E-state index contributed by atoms with van der Waals surface area (Å²) in [4.78, 5) is 47.6. The average molecular weight is 621 g/mol. The van der Waals surface area contributed by atoms with E-state index >= 15 is 0 Å². The molecule has 1 aromatic heterocycles. The van der Waals surface area contributed by atoms with Crippen molar-refractivity contribution in [1.82, 2.24) is 25.5 Å². The van der Waals surface area contributed by atoms with Crippen LogP contribution in [0.25, 0.3) is 11.4 Å². The quantitative estimate of drug-likeness (QED) is 0.333. The van der Waals surface area contributed by atoms with E-state index in [1.807, 2.05) is 34.6 Å². The molecule has 6 rings (SSSR count). The van der Waals surface area contributed by atoms with Crippen LogP contribution >= 0.6 is 0 Å². The van der Waals surface area contributed by atoms with E-state index in [0.29, 0.717) is 24.5 Å². The molecular formula is C33H38F2N6O4. The predicted molar refractivity (Wildman–Crippen MR) is 165 cm³/mol. The van der Waals surface area contributed by atoms with Gasteiger partial charge in [-0.15, -0.1) is 0 Å². The summed E-state index contributed by atoms with van der Waals surface area (Å²) in [6.07, 6.45) is 1.55. The van der Waals surface area contributed by atoms with Gasteiger partial charge in [-0.25, -0.2) is 23.5 Å². The van der Waals surface area contributed by atoms with Crippen LogP contribution in [0.4, 0.5) is 25.1 Å². The normalized spacial score (nSPS) is 16.4. The highest BCUT2D eigenvalue weighted by molar-refractivity contribution is 6.03. The molecule has 0 bridgehead atoms. The van der Waals surface area contributed by atoms with Gasteiger partial charge in [-0.3, -0.25) is 9.59 Å². The van der Waals surface area contributed by atoms with Crippen molar-refractivity contribution in [3.8, 4) is 11.4 Å². The molecule has 2 aliphatic heterocycles. The first kappa shape index (κ1) is 31.8. The van der Waals surface area contributed by atoms with Crippen LogP contribution < -0.4 is 16.0 Å². The number of carbonyl (C=O) groups is 3. The first-order valence-corrected chi connectivity index (χ1v) is 15.1. The van der Waals surface area contributed by atoms with Gasteiger partial charge in [0.1, 0.15) is 28.6 Å². The van der Waals surface area contributed by atoms with Crippen molar-refractivity contribution in [3.05, 3.63) is 70.9 Å². The second-order valence-corrected chi connectivity index (χ2v) is 12.5. The Morgan fingerprint density at radius 3 is 2.29 bits per heavy atom. The molecule has 45 heavy (non-hydrogen) atoms. The second-order valence-electron chi connectivity index (χ2n) is 12.5. The molecule has 1 saturated heterocycles. The summed E-state index contributed by atoms with van der Waals surface area (Å²) in [7, 11) is 0. The first-order chi connectivity index (χ1) is 21.4. The molecule has 3 aromatic rings. The molecule has 0 unspecified atom stereocenters. The predicted octanol–water partition coefficient (Wildman–Crippen LogP) is 5.49. The van der Waals surface area contributed by atoms with Crippen molar-refractivity contribution >= 4 is 29.4 Å². The van der Waals surface area contributed by atoms with E-state index in [9.17, 15) is 23.2 Å². The van der Waals surface area contributed by atoms with E-state index in [-0.39, 0.29) is 65.1 Å². The van der Waals surface area contributed by atoms with Crippen LogP contribution in [0.2, 0.25) is 0 Å². The van der Waals surface area contributed by atoms with Gasteiger partial charge < -0.3 is 25.6 Å². The highest BCUT2D eigenvalue weighted by Gasteiger charge is 2.54. The topological polar surface area (TPSA) is 126 Å². The third kappa shape index (κ3) is 6.89. The number of hydrogen-bond acceptors (Lipinski definition) is 7. The molecule has 2 aromatic carbocycles. The number of aromatic nitrogens is 2. The minimum atomic E-state index is -0.807. The molecule has 2 fully saturated rings. The molecule has 1 aliphatic carbocycles. The summed E-state index contributed by atoms with van der Waals surface area (Å²) in [5, 5.41) is 8.81. The smallest absolute Gasteiger partial charge is 0.410 e. The van der Waals surface area contributed by atoms with Crippen molar-refractivity contribution in [2.75, 3.05) is 18.4 Å². The van der Waals surface area contributed by atoms with E-state index in [2.05, 4.69) is 25.9 Å². The van der Waals surface area contributed by atoms with Crippen LogP contribution in [0.5, 0.6) is 0 Å². The molecule has 1 saturated carbocycles. The summed E-state index contributed by atoms with van der Waals surface area (Å²) in [6, 6.07) is 10.6. The number of anilines is 2. The van der Waals surface area contributed by atoms with E-state index in [4.69, 9.17) is 4.74 Å². The highest BCUT2D eigenvalue weighted by atomic mass is 19.1. The lowest BCUT2D eigenvalue weighted by atomic mass is 9.61. The van der Waals surface area contributed by atoms with E-state index in [1.54, 1.807) is 29.2 Å². The van der Waals surface area contributed by atoms with Gasteiger partial charge in [0, 0.05) is 30.2 Å². The minimum Gasteiger partial charge on any atom is -0.444 e. The summed E-state index contributed by atoms with van der Waals surface area (Å²) in [5.74, 6) is -2.13.